The van der Waals surface area contributed by atoms with Gasteiger partial charge in [-0.1, -0.05) is 12.1 Å². The Hall–Kier alpha value is -2.34. The molecule has 0 bridgehead atoms. The van der Waals surface area contributed by atoms with Crippen LogP contribution in [0.25, 0.3) is 0 Å². The molecule has 2 aromatic rings. The average Bonchev–Trinajstić information content (AvgIpc) is 2.92. The van der Waals surface area contributed by atoms with E-state index < -0.39 is 0 Å². The molecule has 3 rings (SSSR count). The highest BCUT2D eigenvalue weighted by Gasteiger charge is 2.18. The second-order valence-electron chi connectivity index (χ2n) is 5.49. The number of aromatic amines is 1. The van der Waals surface area contributed by atoms with Gasteiger partial charge in [0.1, 0.15) is 5.75 Å². The first-order valence-corrected chi connectivity index (χ1v) is 7.41. The maximum Gasteiger partial charge on any atom is 0.263 e. The van der Waals surface area contributed by atoms with Gasteiger partial charge in [0, 0.05) is 12.1 Å². The van der Waals surface area contributed by atoms with E-state index in [2.05, 4.69) is 20.8 Å². The molecule has 6 nitrogen and oxygen atoms in total. The maximum atomic E-state index is 12.1. The summed E-state index contributed by atoms with van der Waals surface area (Å²) in [5, 5.41) is 13.2. The van der Waals surface area contributed by atoms with Crippen LogP contribution in [0.2, 0.25) is 0 Å². The SMILES string of the molecule is Cc1cccc(OCC(=O)Nc2n[nH]c3c2CCNC3)c1C. The molecular weight excluding hydrogens is 280 g/mol. The highest BCUT2D eigenvalue weighted by molar-refractivity contribution is 5.91. The smallest absolute Gasteiger partial charge is 0.263 e. The molecule has 1 amide bonds. The van der Waals surface area contributed by atoms with Gasteiger partial charge in [0.25, 0.3) is 5.91 Å². The number of amides is 1. The van der Waals surface area contributed by atoms with Crippen LogP contribution in [0.15, 0.2) is 18.2 Å². The molecular formula is C16H20N4O2. The number of carbonyl (C=O) groups excluding carboxylic acids is 1. The van der Waals surface area contributed by atoms with Gasteiger partial charge >= 0.3 is 0 Å². The minimum atomic E-state index is -0.200. The predicted octanol–water partition coefficient (Wildman–Crippen LogP) is 1.69. The van der Waals surface area contributed by atoms with E-state index in [1.54, 1.807) is 0 Å². The monoisotopic (exact) mass is 300 g/mol. The zero-order valence-corrected chi connectivity index (χ0v) is 12.8. The second kappa shape index (κ2) is 6.19. The minimum absolute atomic E-state index is 0.0236. The average molecular weight is 300 g/mol. The topological polar surface area (TPSA) is 79.0 Å². The molecule has 0 atom stereocenters. The molecule has 1 aliphatic rings. The Balaban J connectivity index is 1.61. The molecule has 0 aliphatic carbocycles. The third kappa shape index (κ3) is 2.96. The van der Waals surface area contributed by atoms with Gasteiger partial charge < -0.3 is 15.4 Å². The lowest BCUT2D eigenvalue weighted by Crippen LogP contribution is -2.25. The van der Waals surface area contributed by atoms with Gasteiger partial charge in [-0.2, -0.15) is 5.10 Å². The van der Waals surface area contributed by atoms with Crippen LogP contribution < -0.4 is 15.4 Å². The van der Waals surface area contributed by atoms with Crippen LogP contribution in [0.3, 0.4) is 0 Å². The first-order chi connectivity index (χ1) is 10.6. The second-order valence-corrected chi connectivity index (χ2v) is 5.49. The van der Waals surface area contributed by atoms with Gasteiger partial charge in [0.15, 0.2) is 12.4 Å². The summed E-state index contributed by atoms with van der Waals surface area (Å²) < 4.78 is 5.61. The molecule has 3 N–H and O–H groups in total. The number of hydrogen-bond donors (Lipinski definition) is 3. The Bertz CT molecular complexity index is 693. The van der Waals surface area contributed by atoms with Gasteiger partial charge in [0.05, 0.1) is 5.69 Å². The van der Waals surface area contributed by atoms with E-state index in [1.165, 1.54) is 0 Å². The summed E-state index contributed by atoms with van der Waals surface area (Å²) >= 11 is 0. The molecule has 6 heteroatoms. The van der Waals surface area contributed by atoms with Crippen molar-refractivity contribution in [2.24, 2.45) is 0 Å². The van der Waals surface area contributed by atoms with E-state index in [1.807, 2.05) is 32.0 Å². The third-order valence-corrected chi connectivity index (χ3v) is 3.98. The first-order valence-electron chi connectivity index (χ1n) is 7.41. The number of aromatic nitrogens is 2. The van der Waals surface area contributed by atoms with E-state index >= 15 is 0 Å². The van der Waals surface area contributed by atoms with Crippen molar-refractivity contribution in [2.45, 2.75) is 26.8 Å². The van der Waals surface area contributed by atoms with Gasteiger partial charge in [-0.05, 0) is 44.0 Å². The van der Waals surface area contributed by atoms with E-state index in [4.69, 9.17) is 4.74 Å². The fourth-order valence-corrected chi connectivity index (χ4v) is 2.54. The summed E-state index contributed by atoms with van der Waals surface area (Å²) in [6.07, 6.45) is 0.860. The summed E-state index contributed by atoms with van der Waals surface area (Å²) in [6, 6.07) is 5.82. The lowest BCUT2D eigenvalue weighted by molar-refractivity contribution is -0.118. The van der Waals surface area contributed by atoms with Crippen LogP contribution in [-0.4, -0.2) is 29.3 Å². The maximum absolute atomic E-state index is 12.1. The summed E-state index contributed by atoms with van der Waals surface area (Å²) in [5.74, 6) is 1.16. The van der Waals surface area contributed by atoms with E-state index in [0.717, 1.165) is 47.6 Å². The highest BCUT2D eigenvalue weighted by Crippen LogP contribution is 2.21. The summed E-state index contributed by atoms with van der Waals surface area (Å²) in [6.45, 7) is 5.64. The van der Waals surface area contributed by atoms with E-state index in [-0.39, 0.29) is 12.5 Å². The third-order valence-electron chi connectivity index (χ3n) is 3.98. The Labute approximate surface area is 129 Å². The normalized spacial score (nSPS) is 13.5. The fourth-order valence-electron chi connectivity index (χ4n) is 2.54. The highest BCUT2D eigenvalue weighted by atomic mass is 16.5. The molecule has 2 heterocycles. The molecule has 1 aromatic heterocycles. The zero-order valence-electron chi connectivity index (χ0n) is 12.8. The largest absolute Gasteiger partial charge is 0.483 e. The number of hydrogen-bond acceptors (Lipinski definition) is 4. The number of carbonyl (C=O) groups is 1. The van der Waals surface area contributed by atoms with E-state index in [0.29, 0.717) is 5.82 Å². The Morgan fingerprint density at radius 1 is 1.41 bits per heavy atom. The molecule has 22 heavy (non-hydrogen) atoms. The van der Waals surface area contributed by atoms with Crippen LogP contribution >= 0.6 is 0 Å². The molecule has 1 aliphatic heterocycles. The molecule has 0 radical (unpaired) electrons. The summed E-state index contributed by atoms with van der Waals surface area (Å²) in [7, 11) is 0. The first kappa shape index (κ1) is 14.6. The fraction of sp³-hybridized carbons (Fsp3) is 0.375. The van der Waals surface area contributed by atoms with Crippen LogP contribution in [0, 0.1) is 13.8 Å². The van der Waals surface area contributed by atoms with Gasteiger partial charge in [-0.3, -0.25) is 9.89 Å². The van der Waals surface area contributed by atoms with Gasteiger partial charge in [-0.15, -0.1) is 0 Å². The summed E-state index contributed by atoms with van der Waals surface area (Å²) in [4.78, 5) is 12.1. The number of rotatable bonds is 4. The van der Waals surface area contributed by atoms with Crippen LogP contribution in [-0.2, 0) is 17.8 Å². The number of benzene rings is 1. The number of nitrogens with one attached hydrogen (secondary N) is 3. The molecule has 116 valence electrons. The van der Waals surface area contributed by atoms with Crippen LogP contribution in [0.1, 0.15) is 22.4 Å². The number of fused-ring (bicyclic) bond motifs is 1. The van der Waals surface area contributed by atoms with Crippen molar-refractivity contribution >= 4 is 11.7 Å². The standard InChI is InChI=1S/C16H20N4O2/c1-10-4-3-5-14(11(10)2)22-9-15(21)18-16-12-6-7-17-8-13(12)19-20-16/h3-5,17H,6-9H2,1-2H3,(H2,18,19,20,21). The van der Waals surface area contributed by atoms with Gasteiger partial charge in [0.2, 0.25) is 0 Å². The molecule has 0 saturated carbocycles. The molecule has 0 fully saturated rings. The van der Waals surface area contributed by atoms with Crippen molar-refractivity contribution in [1.82, 2.24) is 15.5 Å². The molecule has 0 spiro atoms. The number of anilines is 1. The van der Waals surface area contributed by atoms with Crippen molar-refractivity contribution < 1.29 is 9.53 Å². The van der Waals surface area contributed by atoms with Crippen molar-refractivity contribution in [3.63, 3.8) is 0 Å². The number of nitrogens with zero attached hydrogens (tertiary/aromatic N) is 1. The van der Waals surface area contributed by atoms with Crippen molar-refractivity contribution in [3.05, 3.63) is 40.6 Å². The van der Waals surface area contributed by atoms with Crippen LogP contribution in [0.5, 0.6) is 5.75 Å². The summed E-state index contributed by atoms with van der Waals surface area (Å²) in [5.41, 5.74) is 4.32. The Kier molecular flexibility index (Phi) is 4.11. The number of H-pyrrole nitrogens is 1. The number of ether oxygens (including phenoxy) is 1. The molecule has 1 aromatic carbocycles. The molecule has 0 saturated heterocycles. The number of aryl methyl sites for hydroxylation is 1. The Morgan fingerprint density at radius 2 is 2.27 bits per heavy atom. The predicted molar refractivity (Wildman–Crippen MR) is 84.0 cm³/mol. The van der Waals surface area contributed by atoms with Crippen LogP contribution in [0.4, 0.5) is 5.82 Å². The molecule has 0 unspecified atom stereocenters. The lowest BCUT2D eigenvalue weighted by Gasteiger charge is -2.13. The lowest BCUT2D eigenvalue weighted by atomic mass is 10.1. The minimum Gasteiger partial charge on any atom is -0.483 e. The van der Waals surface area contributed by atoms with Crippen molar-refractivity contribution in [2.75, 3.05) is 18.5 Å². The van der Waals surface area contributed by atoms with Crippen molar-refractivity contribution in [1.29, 1.82) is 0 Å². The van der Waals surface area contributed by atoms with E-state index in [9.17, 15) is 4.79 Å². The van der Waals surface area contributed by atoms with Gasteiger partial charge in [-0.25, -0.2) is 0 Å². The quantitative estimate of drug-likeness (QED) is 0.803. The van der Waals surface area contributed by atoms with Crippen molar-refractivity contribution in [3.8, 4) is 5.75 Å². The zero-order chi connectivity index (χ0) is 15.5. The Morgan fingerprint density at radius 3 is 3.14 bits per heavy atom.